The summed E-state index contributed by atoms with van der Waals surface area (Å²) in [6.07, 6.45) is 18.3. The molecule has 12 atom stereocenters. The van der Waals surface area contributed by atoms with Crippen molar-refractivity contribution in [3.63, 3.8) is 0 Å². The van der Waals surface area contributed by atoms with Gasteiger partial charge in [0, 0.05) is 12.5 Å². The van der Waals surface area contributed by atoms with Crippen LogP contribution in [0.2, 0.25) is 0 Å². The molecule has 0 aliphatic heterocycles. The maximum Gasteiger partial charge on any atom is 0.0773 e. The van der Waals surface area contributed by atoms with Crippen molar-refractivity contribution < 1.29 is 20.1 Å². The van der Waals surface area contributed by atoms with Crippen molar-refractivity contribution in [3.05, 3.63) is 23.8 Å². The predicted molar refractivity (Wildman–Crippen MR) is 153 cm³/mol. The SMILES string of the molecule is CC(C)CCC[C@@H](C)C1CCC2C3C(O)C=C4CC(O[C@@H]5C=C[C@H](O)C(CO)C5)CCC4(C)C3CCC21C. The van der Waals surface area contributed by atoms with E-state index in [4.69, 9.17) is 4.74 Å². The van der Waals surface area contributed by atoms with Gasteiger partial charge in [-0.2, -0.15) is 0 Å². The van der Waals surface area contributed by atoms with Crippen molar-refractivity contribution >= 4 is 0 Å². The molecule has 0 aromatic carbocycles. The Morgan fingerprint density at radius 3 is 2.47 bits per heavy atom. The second-order valence-corrected chi connectivity index (χ2v) is 15.0. The van der Waals surface area contributed by atoms with E-state index in [1.165, 1.54) is 50.5 Å². The molecule has 0 radical (unpaired) electrons. The maximum atomic E-state index is 11.7. The van der Waals surface area contributed by atoms with E-state index in [-0.39, 0.29) is 36.3 Å². The lowest BCUT2D eigenvalue weighted by atomic mass is 9.46. The first-order valence-electron chi connectivity index (χ1n) is 16.1. The molecule has 3 saturated carbocycles. The lowest BCUT2D eigenvalue weighted by molar-refractivity contribution is -0.105. The second-order valence-electron chi connectivity index (χ2n) is 15.0. The van der Waals surface area contributed by atoms with Gasteiger partial charge in [-0.05, 0) is 97.7 Å². The average molecular weight is 529 g/mol. The molecule has 3 N–H and O–H groups in total. The van der Waals surface area contributed by atoms with Gasteiger partial charge in [-0.1, -0.05) is 77.7 Å². The van der Waals surface area contributed by atoms with E-state index < -0.39 is 6.10 Å². The van der Waals surface area contributed by atoms with E-state index in [1.807, 2.05) is 6.08 Å². The summed E-state index contributed by atoms with van der Waals surface area (Å²) >= 11 is 0. The highest BCUT2D eigenvalue weighted by atomic mass is 16.5. The zero-order valence-electron chi connectivity index (χ0n) is 24.8. The third-order valence-corrected chi connectivity index (χ3v) is 12.4. The lowest BCUT2D eigenvalue weighted by Gasteiger charge is -2.59. The Kier molecular flexibility index (Phi) is 8.58. The lowest BCUT2D eigenvalue weighted by Crippen LogP contribution is -2.55. The first-order valence-corrected chi connectivity index (χ1v) is 16.1. The van der Waals surface area contributed by atoms with Crippen LogP contribution >= 0.6 is 0 Å². The van der Waals surface area contributed by atoms with Crippen LogP contribution in [0.4, 0.5) is 0 Å². The number of rotatable bonds is 8. The molecule has 9 unspecified atom stereocenters. The van der Waals surface area contributed by atoms with Gasteiger partial charge in [0.15, 0.2) is 0 Å². The van der Waals surface area contributed by atoms with E-state index in [0.29, 0.717) is 29.6 Å². The Hall–Kier alpha value is -0.680. The topological polar surface area (TPSA) is 69.9 Å². The molecule has 38 heavy (non-hydrogen) atoms. The largest absolute Gasteiger partial charge is 0.396 e. The molecule has 4 nitrogen and oxygen atoms in total. The normalized spacial score (nSPS) is 47.3. The van der Waals surface area contributed by atoms with Crippen LogP contribution in [0.3, 0.4) is 0 Å². The van der Waals surface area contributed by atoms with Crippen molar-refractivity contribution in [2.24, 2.45) is 52.3 Å². The summed E-state index contributed by atoms with van der Waals surface area (Å²) in [7, 11) is 0. The number of aliphatic hydroxyl groups is 3. The Balaban J connectivity index is 1.27. The van der Waals surface area contributed by atoms with Crippen molar-refractivity contribution in [1.82, 2.24) is 0 Å². The van der Waals surface area contributed by atoms with Gasteiger partial charge in [0.2, 0.25) is 0 Å². The molecule has 0 heterocycles. The zero-order valence-corrected chi connectivity index (χ0v) is 24.8. The highest BCUT2D eigenvalue weighted by Crippen LogP contribution is 2.67. The van der Waals surface area contributed by atoms with Gasteiger partial charge in [0.25, 0.3) is 0 Å². The molecule has 216 valence electrons. The van der Waals surface area contributed by atoms with Gasteiger partial charge in [0.1, 0.15) is 0 Å². The molecular formula is C34H56O4. The van der Waals surface area contributed by atoms with Crippen molar-refractivity contribution in [3.8, 4) is 0 Å². The third-order valence-electron chi connectivity index (χ3n) is 12.4. The van der Waals surface area contributed by atoms with E-state index in [9.17, 15) is 15.3 Å². The van der Waals surface area contributed by atoms with Gasteiger partial charge < -0.3 is 20.1 Å². The molecule has 5 rings (SSSR count). The predicted octanol–water partition coefficient (Wildman–Crippen LogP) is 6.68. The average Bonchev–Trinajstić information content (AvgIpc) is 3.23. The summed E-state index contributed by atoms with van der Waals surface area (Å²) in [5, 5.41) is 31.3. The first-order chi connectivity index (χ1) is 18.1. The molecule has 4 heteroatoms. The van der Waals surface area contributed by atoms with Gasteiger partial charge in [-0.25, -0.2) is 0 Å². The fraction of sp³-hybridized carbons (Fsp3) is 0.882. The van der Waals surface area contributed by atoms with Crippen LogP contribution in [0.5, 0.6) is 0 Å². The molecule has 5 aliphatic carbocycles. The summed E-state index contributed by atoms with van der Waals surface area (Å²) in [6, 6.07) is 0. The molecule has 0 aromatic rings. The summed E-state index contributed by atoms with van der Waals surface area (Å²) in [4.78, 5) is 0. The minimum absolute atomic E-state index is 0.00775. The smallest absolute Gasteiger partial charge is 0.0773 e. The minimum Gasteiger partial charge on any atom is -0.396 e. The van der Waals surface area contributed by atoms with Gasteiger partial charge in [0.05, 0.1) is 24.4 Å². The summed E-state index contributed by atoms with van der Waals surface area (Å²) in [5.41, 5.74) is 1.99. The first kappa shape index (κ1) is 28.8. The molecule has 5 aliphatic rings. The van der Waals surface area contributed by atoms with Crippen molar-refractivity contribution in [2.45, 2.75) is 130 Å². The van der Waals surface area contributed by atoms with Crippen molar-refractivity contribution in [2.75, 3.05) is 6.61 Å². The minimum atomic E-state index is -0.571. The van der Waals surface area contributed by atoms with Gasteiger partial charge in [-0.3, -0.25) is 0 Å². The molecular weight excluding hydrogens is 472 g/mol. The van der Waals surface area contributed by atoms with E-state index in [2.05, 4.69) is 40.7 Å². The van der Waals surface area contributed by atoms with Gasteiger partial charge >= 0.3 is 0 Å². The van der Waals surface area contributed by atoms with E-state index in [0.717, 1.165) is 37.0 Å². The molecule has 0 spiro atoms. The fourth-order valence-electron chi connectivity index (χ4n) is 10.2. The monoisotopic (exact) mass is 528 g/mol. The maximum absolute atomic E-state index is 11.7. The Morgan fingerprint density at radius 1 is 0.947 bits per heavy atom. The van der Waals surface area contributed by atoms with Crippen LogP contribution in [0.1, 0.15) is 105 Å². The Bertz CT molecular complexity index is 880. The van der Waals surface area contributed by atoms with Crippen LogP contribution in [0.15, 0.2) is 23.8 Å². The summed E-state index contributed by atoms with van der Waals surface area (Å²) in [6.45, 7) is 12.3. The Labute approximate surface area is 232 Å². The molecule has 0 amide bonds. The number of hydrogen-bond acceptors (Lipinski definition) is 4. The number of aliphatic hydroxyl groups excluding tert-OH is 3. The van der Waals surface area contributed by atoms with E-state index in [1.54, 1.807) is 6.08 Å². The highest BCUT2D eigenvalue weighted by Gasteiger charge is 2.61. The second kappa shape index (κ2) is 11.3. The molecule has 0 aromatic heterocycles. The Morgan fingerprint density at radius 2 is 1.74 bits per heavy atom. The van der Waals surface area contributed by atoms with Gasteiger partial charge in [-0.15, -0.1) is 0 Å². The molecule has 0 saturated heterocycles. The molecule has 0 bridgehead atoms. The quantitative estimate of drug-likeness (QED) is 0.307. The van der Waals surface area contributed by atoms with Crippen LogP contribution < -0.4 is 0 Å². The van der Waals surface area contributed by atoms with Crippen LogP contribution in [-0.4, -0.2) is 46.3 Å². The number of hydrogen-bond donors (Lipinski definition) is 3. The fourth-order valence-corrected chi connectivity index (χ4v) is 10.2. The number of ether oxygens (including phenoxy) is 1. The summed E-state index contributed by atoms with van der Waals surface area (Å²) in [5.74, 6) is 3.88. The van der Waals surface area contributed by atoms with Crippen LogP contribution in [-0.2, 0) is 4.74 Å². The standard InChI is InChI=1S/C34H56O4/c1-21(2)7-6-8-22(3)27-10-11-28-32-29(14-16-34(27,28)5)33(4)15-13-26(18-24(33)19-31(32)37)38-25-9-12-30(36)23(17-25)20-35/h9,12,19,21-23,25-32,35-37H,6-8,10-11,13-18,20H2,1-5H3/t22-,23?,25-,26?,27?,28?,29?,30+,31?,32?,33?,34?/m1/s1. The highest BCUT2D eigenvalue weighted by molar-refractivity contribution is 5.28. The third kappa shape index (κ3) is 5.21. The number of fused-ring (bicyclic) bond motifs is 5. The van der Waals surface area contributed by atoms with Crippen LogP contribution in [0.25, 0.3) is 0 Å². The van der Waals surface area contributed by atoms with Crippen LogP contribution in [0, 0.1) is 52.3 Å². The van der Waals surface area contributed by atoms with E-state index >= 15 is 0 Å². The zero-order chi connectivity index (χ0) is 27.2. The summed E-state index contributed by atoms with van der Waals surface area (Å²) < 4.78 is 6.52. The van der Waals surface area contributed by atoms with Crippen molar-refractivity contribution in [1.29, 1.82) is 0 Å². The molecule has 3 fully saturated rings.